The Hall–Kier alpha value is -3.00. The number of hydrogen-bond donors (Lipinski definition) is 1. The minimum absolute atomic E-state index is 0.165. The topological polar surface area (TPSA) is 98.4 Å². The molecule has 24 heavy (non-hydrogen) atoms. The van der Waals surface area contributed by atoms with Gasteiger partial charge in [-0.15, -0.1) is 10.2 Å². The van der Waals surface area contributed by atoms with Gasteiger partial charge in [-0.25, -0.2) is 4.39 Å². The predicted octanol–water partition coefficient (Wildman–Crippen LogP) is 2.13. The highest BCUT2D eigenvalue weighted by Crippen LogP contribution is 2.23. The molecule has 0 saturated heterocycles. The molecule has 0 saturated carbocycles. The average molecular weight is 330 g/mol. The number of nitrogens with zero attached hydrogens (tertiary/aromatic N) is 3. The highest BCUT2D eigenvalue weighted by Gasteiger charge is 2.25. The van der Waals surface area contributed by atoms with Crippen molar-refractivity contribution >= 4 is 5.91 Å². The van der Waals surface area contributed by atoms with Crippen molar-refractivity contribution in [2.24, 2.45) is 5.73 Å². The number of halogens is 1. The van der Waals surface area contributed by atoms with Crippen LogP contribution in [0.15, 0.2) is 51.5 Å². The second kappa shape index (κ2) is 6.63. The van der Waals surface area contributed by atoms with Crippen LogP contribution in [-0.2, 0) is 11.3 Å². The summed E-state index contributed by atoms with van der Waals surface area (Å²) in [5.74, 6) is -0.0664. The van der Waals surface area contributed by atoms with Gasteiger partial charge in [0, 0.05) is 0 Å². The molecule has 2 aromatic heterocycles. The van der Waals surface area contributed by atoms with E-state index in [-0.39, 0.29) is 18.3 Å². The monoisotopic (exact) mass is 330 g/mol. The second-order valence-corrected chi connectivity index (χ2v) is 5.25. The SMILES string of the molecule is CN(Cc1nnc(-c2ccco2)o1)[C@@H](C(N)=O)c1cccc(F)c1. The number of benzene rings is 1. The fourth-order valence-electron chi connectivity index (χ4n) is 2.43. The number of hydrogen-bond acceptors (Lipinski definition) is 6. The molecule has 2 heterocycles. The Labute approximate surface area is 136 Å². The van der Waals surface area contributed by atoms with Crippen LogP contribution in [0, 0.1) is 5.82 Å². The Bertz CT molecular complexity index is 831. The molecule has 0 unspecified atom stereocenters. The maximum atomic E-state index is 13.4. The number of rotatable bonds is 6. The first-order chi connectivity index (χ1) is 11.5. The van der Waals surface area contributed by atoms with Crippen LogP contribution in [0.5, 0.6) is 0 Å². The molecule has 2 N–H and O–H groups in total. The Morgan fingerprint density at radius 2 is 2.17 bits per heavy atom. The molecular weight excluding hydrogens is 315 g/mol. The van der Waals surface area contributed by atoms with Crippen molar-refractivity contribution in [3.8, 4) is 11.7 Å². The van der Waals surface area contributed by atoms with Gasteiger partial charge in [0.05, 0.1) is 12.8 Å². The lowest BCUT2D eigenvalue weighted by Gasteiger charge is -2.24. The van der Waals surface area contributed by atoms with Crippen LogP contribution in [-0.4, -0.2) is 28.1 Å². The number of amides is 1. The van der Waals surface area contributed by atoms with Gasteiger partial charge in [0.1, 0.15) is 11.9 Å². The fraction of sp³-hybridized carbons (Fsp3) is 0.188. The molecule has 1 aromatic carbocycles. The number of furan rings is 1. The Kier molecular flexibility index (Phi) is 4.39. The summed E-state index contributed by atoms with van der Waals surface area (Å²) in [5.41, 5.74) is 5.93. The van der Waals surface area contributed by atoms with Crippen LogP contribution < -0.4 is 5.73 Å². The minimum Gasteiger partial charge on any atom is -0.459 e. The largest absolute Gasteiger partial charge is 0.459 e. The quantitative estimate of drug-likeness (QED) is 0.743. The molecule has 3 aromatic rings. The summed E-state index contributed by atoms with van der Waals surface area (Å²) < 4.78 is 24.1. The van der Waals surface area contributed by atoms with Gasteiger partial charge in [-0.05, 0) is 36.9 Å². The van der Waals surface area contributed by atoms with E-state index >= 15 is 0 Å². The molecule has 1 amide bonds. The van der Waals surface area contributed by atoms with Gasteiger partial charge in [-0.2, -0.15) is 0 Å². The second-order valence-electron chi connectivity index (χ2n) is 5.25. The van der Waals surface area contributed by atoms with Gasteiger partial charge in [-0.1, -0.05) is 12.1 Å². The van der Waals surface area contributed by atoms with Gasteiger partial charge < -0.3 is 14.6 Å². The van der Waals surface area contributed by atoms with Gasteiger partial charge in [0.25, 0.3) is 5.89 Å². The van der Waals surface area contributed by atoms with Gasteiger partial charge in [-0.3, -0.25) is 9.69 Å². The van der Waals surface area contributed by atoms with Crippen LogP contribution in [0.1, 0.15) is 17.5 Å². The zero-order valence-electron chi connectivity index (χ0n) is 12.8. The first-order valence-electron chi connectivity index (χ1n) is 7.16. The Balaban J connectivity index is 1.79. The third kappa shape index (κ3) is 3.33. The number of likely N-dealkylation sites (N-methyl/N-ethyl adjacent to an activating group) is 1. The van der Waals surface area contributed by atoms with Gasteiger partial charge in [0.2, 0.25) is 11.8 Å². The molecule has 8 heteroatoms. The number of carbonyl (C=O) groups excluding carboxylic acids is 1. The molecule has 0 aliphatic rings. The molecule has 0 radical (unpaired) electrons. The first-order valence-corrected chi connectivity index (χ1v) is 7.16. The summed E-state index contributed by atoms with van der Waals surface area (Å²) in [6.45, 7) is 0.165. The minimum atomic E-state index is -0.820. The molecule has 7 nitrogen and oxygen atoms in total. The smallest absolute Gasteiger partial charge is 0.283 e. The lowest BCUT2D eigenvalue weighted by molar-refractivity contribution is -0.123. The maximum absolute atomic E-state index is 13.4. The first kappa shape index (κ1) is 15.9. The van der Waals surface area contributed by atoms with Crippen molar-refractivity contribution in [1.29, 1.82) is 0 Å². The normalized spacial score (nSPS) is 12.5. The van der Waals surface area contributed by atoms with Crippen LogP contribution in [0.2, 0.25) is 0 Å². The van der Waals surface area contributed by atoms with Crippen molar-refractivity contribution in [1.82, 2.24) is 15.1 Å². The highest BCUT2D eigenvalue weighted by molar-refractivity contribution is 5.81. The van der Waals surface area contributed by atoms with Crippen LogP contribution in [0.25, 0.3) is 11.7 Å². The molecule has 124 valence electrons. The molecule has 0 fully saturated rings. The number of primary amides is 1. The zero-order chi connectivity index (χ0) is 17.1. The van der Waals surface area contributed by atoms with Gasteiger partial charge >= 0.3 is 0 Å². The van der Waals surface area contributed by atoms with E-state index in [4.69, 9.17) is 14.6 Å². The number of nitrogens with two attached hydrogens (primary N) is 1. The summed E-state index contributed by atoms with van der Waals surface area (Å²) in [7, 11) is 1.66. The van der Waals surface area contributed by atoms with Crippen molar-refractivity contribution in [3.63, 3.8) is 0 Å². The van der Waals surface area contributed by atoms with E-state index in [9.17, 15) is 9.18 Å². The lowest BCUT2D eigenvalue weighted by atomic mass is 10.1. The maximum Gasteiger partial charge on any atom is 0.283 e. The average Bonchev–Trinajstić information content (AvgIpc) is 3.17. The Morgan fingerprint density at radius 1 is 1.33 bits per heavy atom. The fourth-order valence-corrected chi connectivity index (χ4v) is 2.43. The molecule has 0 aliphatic heterocycles. The molecule has 3 rings (SSSR count). The molecule has 1 atom stereocenters. The number of aromatic nitrogens is 2. The van der Waals surface area contributed by atoms with Crippen molar-refractivity contribution in [3.05, 3.63) is 59.9 Å². The van der Waals surface area contributed by atoms with E-state index in [1.165, 1.54) is 24.5 Å². The summed E-state index contributed by atoms with van der Waals surface area (Å²) in [4.78, 5) is 13.4. The van der Waals surface area contributed by atoms with Crippen LogP contribution in [0.4, 0.5) is 4.39 Å². The molecular formula is C16H15FN4O3. The van der Waals surface area contributed by atoms with Crippen molar-refractivity contribution in [2.75, 3.05) is 7.05 Å². The van der Waals surface area contributed by atoms with E-state index in [1.807, 2.05) is 0 Å². The summed E-state index contributed by atoms with van der Waals surface area (Å²) in [5, 5.41) is 7.81. The van der Waals surface area contributed by atoms with E-state index in [2.05, 4.69) is 10.2 Å². The van der Waals surface area contributed by atoms with E-state index in [1.54, 1.807) is 30.1 Å². The number of carbonyl (C=O) groups is 1. The van der Waals surface area contributed by atoms with Crippen LogP contribution >= 0.6 is 0 Å². The zero-order valence-corrected chi connectivity index (χ0v) is 12.8. The van der Waals surface area contributed by atoms with E-state index in [0.29, 0.717) is 11.3 Å². The highest BCUT2D eigenvalue weighted by atomic mass is 19.1. The molecule has 0 bridgehead atoms. The van der Waals surface area contributed by atoms with Crippen molar-refractivity contribution < 1.29 is 18.0 Å². The molecule has 0 spiro atoms. The summed E-state index contributed by atoms with van der Waals surface area (Å²) in [6.07, 6.45) is 1.50. The third-order valence-electron chi connectivity index (χ3n) is 3.46. The van der Waals surface area contributed by atoms with E-state index in [0.717, 1.165) is 0 Å². The van der Waals surface area contributed by atoms with E-state index < -0.39 is 17.8 Å². The summed E-state index contributed by atoms with van der Waals surface area (Å²) in [6, 6.07) is 8.31. The summed E-state index contributed by atoms with van der Waals surface area (Å²) >= 11 is 0. The van der Waals surface area contributed by atoms with Crippen LogP contribution in [0.3, 0.4) is 0 Å². The predicted molar refractivity (Wildman–Crippen MR) is 81.8 cm³/mol. The molecule has 0 aliphatic carbocycles. The standard InChI is InChI=1S/C16H15FN4O3/c1-21(14(15(18)22)10-4-2-5-11(17)8-10)9-13-19-20-16(24-13)12-6-3-7-23-12/h2-8,14H,9H2,1H3,(H2,18,22)/t14-/m1/s1. The van der Waals surface area contributed by atoms with Gasteiger partial charge in [0.15, 0.2) is 5.76 Å². The third-order valence-corrected chi connectivity index (χ3v) is 3.46. The Morgan fingerprint density at radius 3 is 2.83 bits per heavy atom. The van der Waals surface area contributed by atoms with Crippen molar-refractivity contribution in [2.45, 2.75) is 12.6 Å². The lowest BCUT2D eigenvalue weighted by Crippen LogP contribution is -2.35.